The quantitative estimate of drug-likeness (QED) is 0.486. The lowest BCUT2D eigenvalue weighted by Crippen LogP contribution is -2.22. The van der Waals surface area contributed by atoms with E-state index in [-0.39, 0.29) is 6.54 Å². The third kappa shape index (κ3) is 3.65. The maximum Gasteiger partial charge on any atom is 0.125 e. The normalized spacial score (nSPS) is 13.9. The molecule has 0 aromatic heterocycles. The first kappa shape index (κ1) is 14.4. The number of aliphatic hydroxyl groups is 2. The summed E-state index contributed by atoms with van der Waals surface area (Å²) in [5.41, 5.74) is 8.41. The van der Waals surface area contributed by atoms with Crippen LogP contribution in [0.25, 0.3) is 10.4 Å². The zero-order valence-electron chi connectivity index (χ0n) is 8.39. The summed E-state index contributed by atoms with van der Waals surface area (Å²) in [6, 6.07) is 2.34. The van der Waals surface area contributed by atoms with Crippen LogP contribution in [0.3, 0.4) is 0 Å². The van der Waals surface area contributed by atoms with Crippen LogP contribution in [0.5, 0.6) is 0 Å². The monoisotopic (exact) mass is 367 g/mol. The second-order valence-electron chi connectivity index (χ2n) is 3.21. The van der Waals surface area contributed by atoms with Gasteiger partial charge in [0.05, 0.1) is 12.6 Å². The molecular formula is C9H8Br2FN3O2. The number of hydrogen-bond donors (Lipinski definition) is 2. The molecule has 2 unspecified atom stereocenters. The van der Waals surface area contributed by atoms with Gasteiger partial charge in [-0.05, 0) is 17.7 Å². The van der Waals surface area contributed by atoms with Crippen LogP contribution in [0.1, 0.15) is 11.7 Å². The highest BCUT2D eigenvalue weighted by atomic mass is 79.9. The molecule has 17 heavy (non-hydrogen) atoms. The van der Waals surface area contributed by atoms with Gasteiger partial charge >= 0.3 is 0 Å². The van der Waals surface area contributed by atoms with Crippen molar-refractivity contribution in [3.05, 3.63) is 42.9 Å². The van der Waals surface area contributed by atoms with E-state index in [1.807, 2.05) is 0 Å². The number of benzene rings is 1. The Bertz CT molecular complexity index is 443. The molecule has 0 aliphatic carbocycles. The van der Waals surface area contributed by atoms with Crippen LogP contribution in [0.4, 0.5) is 4.39 Å². The molecule has 5 nitrogen and oxygen atoms in total. The average molecular weight is 369 g/mol. The van der Waals surface area contributed by atoms with Crippen molar-refractivity contribution in [3.8, 4) is 0 Å². The molecule has 1 aromatic rings. The minimum atomic E-state index is -1.29. The zero-order valence-corrected chi connectivity index (χ0v) is 11.6. The highest BCUT2D eigenvalue weighted by molar-refractivity contribution is 9.11. The fourth-order valence-corrected chi connectivity index (χ4v) is 2.85. The number of rotatable bonds is 4. The molecule has 0 spiro atoms. The molecule has 0 aliphatic rings. The number of azide groups is 1. The van der Waals surface area contributed by atoms with Crippen LogP contribution in [0.15, 0.2) is 26.2 Å². The summed E-state index contributed by atoms with van der Waals surface area (Å²) in [7, 11) is 0. The molecule has 0 heterocycles. The first-order valence-electron chi connectivity index (χ1n) is 4.48. The predicted octanol–water partition coefficient (Wildman–Crippen LogP) is 3.06. The number of halogens is 3. The lowest BCUT2D eigenvalue weighted by molar-refractivity contribution is 0.0235. The Balaban J connectivity index is 3.03. The van der Waals surface area contributed by atoms with Crippen LogP contribution < -0.4 is 0 Å². The molecule has 0 saturated carbocycles. The molecule has 0 amide bonds. The molecule has 0 saturated heterocycles. The first-order valence-corrected chi connectivity index (χ1v) is 6.07. The fourth-order valence-electron chi connectivity index (χ4n) is 1.25. The summed E-state index contributed by atoms with van der Waals surface area (Å²) in [6.45, 7) is -0.270. The smallest absolute Gasteiger partial charge is 0.125 e. The van der Waals surface area contributed by atoms with E-state index in [1.165, 1.54) is 12.1 Å². The lowest BCUT2D eigenvalue weighted by atomic mass is 10.0. The summed E-state index contributed by atoms with van der Waals surface area (Å²) < 4.78 is 13.6. The minimum absolute atomic E-state index is 0.270. The SMILES string of the molecule is [N-]=[N+]=NCC(O)C(O)c1c(Br)cc(F)cc1Br. The van der Waals surface area contributed by atoms with E-state index in [1.54, 1.807) is 0 Å². The van der Waals surface area contributed by atoms with E-state index < -0.39 is 18.0 Å². The molecular weight excluding hydrogens is 361 g/mol. The van der Waals surface area contributed by atoms with Gasteiger partial charge in [0.25, 0.3) is 0 Å². The van der Waals surface area contributed by atoms with E-state index in [9.17, 15) is 14.6 Å². The zero-order chi connectivity index (χ0) is 13.0. The van der Waals surface area contributed by atoms with Crippen molar-refractivity contribution in [3.63, 3.8) is 0 Å². The van der Waals surface area contributed by atoms with Gasteiger partial charge in [-0.2, -0.15) is 0 Å². The van der Waals surface area contributed by atoms with Crippen molar-refractivity contribution in [2.75, 3.05) is 6.54 Å². The van der Waals surface area contributed by atoms with Crippen molar-refractivity contribution in [2.45, 2.75) is 12.2 Å². The van der Waals surface area contributed by atoms with Gasteiger partial charge in [0, 0.05) is 19.4 Å². The van der Waals surface area contributed by atoms with Crippen molar-refractivity contribution in [2.24, 2.45) is 5.11 Å². The second-order valence-corrected chi connectivity index (χ2v) is 4.92. The van der Waals surface area contributed by atoms with Gasteiger partial charge in [0.2, 0.25) is 0 Å². The van der Waals surface area contributed by atoms with Gasteiger partial charge in [-0.15, -0.1) is 0 Å². The van der Waals surface area contributed by atoms with Gasteiger partial charge < -0.3 is 10.2 Å². The highest BCUT2D eigenvalue weighted by Gasteiger charge is 2.23. The van der Waals surface area contributed by atoms with Crippen LogP contribution in [0, 0.1) is 5.82 Å². The maximum absolute atomic E-state index is 13.0. The topological polar surface area (TPSA) is 89.2 Å². The summed E-state index contributed by atoms with van der Waals surface area (Å²) in [6.07, 6.45) is -2.55. The van der Waals surface area contributed by atoms with Crippen molar-refractivity contribution >= 4 is 31.9 Å². The van der Waals surface area contributed by atoms with E-state index in [2.05, 4.69) is 41.9 Å². The molecule has 0 aliphatic heterocycles. The van der Waals surface area contributed by atoms with E-state index in [0.717, 1.165) is 0 Å². The average Bonchev–Trinajstić information content (AvgIpc) is 2.24. The van der Waals surface area contributed by atoms with Crippen LogP contribution in [-0.4, -0.2) is 22.9 Å². The largest absolute Gasteiger partial charge is 0.390 e. The Morgan fingerprint density at radius 1 is 1.35 bits per heavy atom. The van der Waals surface area contributed by atoms with Gasteiger partial charge in [0.1, 0.15) is 11.9 Å². The van der Waals surface area contributed by atoms with Crippen molar-refractivity contribution in [1.29, 1.82) is 0 Å². The van der Waals surface area contributed by atoms with E-state index >= 15 is 0 Å². The molecule has 2 N–H and O–H groups in total. The van der Waals surface area contributed by atoms with Gasteiger partial charge in [-0.1, -0.05) is 37.0 Å². The summed E-state index contributed by atoms with van der Waals surface area (Å²) >= 11 is 6.18. The Kier molecular flexibility index (Phi) is 5.35. The lowest BCUT2D eigenvalue weighted by Gasteiger charge is -2.19. The Labute approximate surface area is 113 Å². The van der Waals surface area contributed by atoms with E-state index in [0.29, 0.717) is 14.5 Å². The molecule has 1 aromatic carbocycles. The Morgan fingerprint density at radius 3 is 2.35 bits per heavy atom. The molecule has 92 valence electrons. The number of nitrogens with zero attached hydrogens (tertiary/aromatic N) is 3. The standard InChI is InChI=1S/C9H8Br2FN3O2/c10-5-1-4(12)2-6(11)8(5)9(17)7(16)3-14-15-13/h1-2,7,9,16-17H,3H2. The summed E-state index contributed by atoms with van der Waals surface area (Å²) in [4.78, 5) is 2.48. The van der Waals surface area contributed by atoms with Crippen molar-refractivity contribution in [1.82, 2.24) is 0 Å². The molecule has 1 rings (SSSR count). The molecule has 2 atom stereocenters. The van der Waals surface area contributed by atoms with Crippen molar-refractivity contribution < 1.29 is 14.6 Å². The molecule has 0 bridgehead atoms. The summed E-state index contributed by atoms with van der Waals surface area (Å²) in [5.74, 6) is -0.482. The second kappa shape index (κ2) is 6.32. The number of hydrogen-bond acceptors (Lipinski definition) is 3. The number of aliphatic hydroxyl groups excluding tert-OH is 2. The summed E-state index contributed by atoms with van der Waals surface area (Å²) in [5, 5.41) is 22.6. The van der Waals surface area contributed by atoms with Crippen LogP contribution in [-0.2, 0) is 0 Å². The van der Waals surface area contributed by atoms with Crippen LogP contribution in [0.2, 0.25) is 0 Å². The third-order valence-electron chi connectivity index (χ3n) is 2.04. The molecule has 0 radical (unpaired) electrons. The van der Waals surface area contributed by atoms with E-state index in [4.69, 9.17) is 5.53 Å². The van der Waals surface area contributed by atoms with Gasteiger partial charge in [0.15, 0.2) is 0 Å². The first-order chi connectivity index (χ1) is 7.97. The third-order valence-corrected chi connectivity index (χ3v) is 3.35. The molecule has 8 heteroatoms. The molecule has 0 fully saturated rings. The predicted molar refractivity (Wildman–Crippen MR) is 66.8 cm³/mol. The Morgan fingerprint density at radius 2 is 1.88 bits per heavy atom. The minimum Gasteiger partial charge on any atom is -0.390 e. The van der Waals surface area contributed by atoms with Gasteiger partial charge in [-0.25, -0.2) is 4.39 Å². The van der Waals surface area contributed by atoms with Gasteiger partial charge in [-0.3, -0.25) is 0 Å². The Hall–Kier alpha value is -0.660. The maximum atomic E-state index is 13.0. The van der Waals surface area contributed by atoms with Crippen LogP contribution >= 0.6 is 31.9 Å². The highest BCUT2D eigenvalue weighted by Crippen LogP contribution is 2.33. The fraction of sp³-hybridized carbons (Fsp3) is 0.333.